The van der Waals surface area contributed by atoms with Crippen LogP contribution in [0, 0.1) is 76.2 Å². The van der Waals surface area contributed by atoms with E-state index in [0.717, 1.165) is 0 Å². The van der Waals surface area contributed by atoms with Gasteiger partial charge in [0.05, 0.1) is 0 Å². The van der Waals surface area contributed by atoms with Crippen LogP contribution in [0.25, 0.3) is 133 Å². The van der Waals surface area contributed by atoms with Crippen molar-refractivity contribution in [3.8, 4) is 101 Å². The summed E-state index contributed by atoms with van der Waals surface area (Å²) in [5.74, 6) is 0. The molecule has 3 heterocycles. The zero-order valence-corrected chi connectivity index (χ0v) is 73.9. The van der Waals surface area contributed by atoms with E-state index in [0.29, 0.717) is 0 Å². The van der Waals surface area contributed by atoms with Crippen LogP contribution in [0.4, 0.5) is 0 Å². The van der Waals surface area contributed by atoms with E-state index in [1.54, 1.807) is 0 Å². The number of benzene rings is 12. The molecule has 12 aromatic carbocycles. The predicted molar refractivity (Wildman–Crippen MR) is 495 cm³/mol. The molecule has 3 heteroatoms. The van der Waals surface area contributed by atoms with Gasteiger partial charge in [-0.05, 0) is 305 Å². The van der Waals surface area contributed by atoms with E-state index in [4.69, 9.17) is 0 Å². The van der Waals surface area contributed by atoms with Gasteiger partial charge in [-0.2, -0.15) is 0 Å². The third-order valence-electron chi connectivity index (χ3n) is 29.5. The third kappa shape index (κ3) is 12.4. The second-order valence-corrected chi connectivity index (χ2v) is 38.1. The van der Waals surface area contributed by atoms with Crippen molar-refractivity contribution in [2.75, 3.05) is 0 Å². The Bertz CT molecular complexity index is 6590. The Morgan fingerprint density at radius 1 is 0.198 bits per heavy atom. The summed E-state index contributed by atoms with van der Waals surface area (Å²) in [6.45, 7) is 53.7. The van der Waals surface area contributed by atoms with Gasteiger partial charge in [0.15, 0.2) is 18.6 Å². The van der Waals surface area contributed by atoms with Crippen LogP contribution in [-0.2, 0) is 53.6 Å². The molecule has 0 radical (unpaired) electrons. The molecule has 0 amide bonds. The van der Waals surface area contributed by atoms with Gasteiger partial charge in [0.25, 0.3) is 0 Å². The highest BCUT2D eigenvalue weighted by atomic mass is 14.9. The van der Waals surface area contributed by atoms with Crippen molar-refractivity contribution in [3.05, 3.63) is 338 Å². The van der Waals surface area contributed by atoms with Crippen molar-refractivity contribution in [2.24, 2.45) is 21.1 Å². The molecule has 582 valence electrons. The molecular formula is C113H118N3+3. The maximum atomic E-state index is 2.51. The van der Waals surface area contributed by atoms with Crippen molar-refractivity contribution in [3.63, 3.8) is 0 Å². The van der Waals surface area contributed by atoms with Crippen LogP contribution < -0.4 is 13.7 Å². The maximum Gasteiger partial charge on any atom is 0.213 e. The predicted octanol–water partition coefficient (Wildman–Crippen LogP) is 28.1. The van der Waals surface area contributed by atoms with Gasteiger partial charge in [0.1, 0.15) is 21.1 Å². The highest BCUT2D eigenvalue weighted by Gasteiger charge is 2.50. The molecule has 3 aromatic heterocycles. The van der Waals surface area contributed by atoms with E-state index in [1.807, 2.05) is 0 Å². The highest BCUT2D eigenvalue weighted by molar-refractivity contribution is 6.02. The van der Waals surface area contributed by atoms with Gasteiger partial charge >= 0.3 is 0 Å². The summed E-state index contributed by atoms with van der Waals surface area (Å²) in [7, 11) is 6.57. The number of aryl methyl sites for hydroxylation is 14. The smallest absolute Gasteiger partial charge is 0.201 e. The number of rotatable bonds is 6. The zero-order valence-electron chi connectivity index (χ0n) is 73.9. The van der Waals surface area contributed by atoms with Crippen LogP contribution >= 0.6 is 0 Å². The molecule has 3 aliphatic rings. The molecule has 0 spiro atoms. The van der Waals surface area contributed by atoms with Gasteiger partial charge in [0, 0.05) is 57.0 Å². The van der Waals surface area contributed by atoms with Crippen LogP contribution in [-0.4, -0.2) is 0 Å². The van der Waals surface area contributed by atoms with Crippen LogP contribution in [0.2, 0.25) is 0 Å². The highest BCUT2D eigenvalue weighted by Crippen LogP contribution is 2.60. The molecule has 18 rings (SSSR count). The molecule has 0 saturated carbocycles. The average Bonchev–Trinajstić information content (AvgIpc) is 0.803. The topological polar surface area (TPSA) is 11.6 Å². The summed E-state index contributed by atoms with van der Waals surface area (Å²) in [5, 5.41) is 7.99. The lowest BCUT2D eigenvalue weighted by atomic mass is 9.54. The van der Waals surface area contributed by atoms with Gasteiger partial charge in [-0.1, -0.05) is 265 Å². The van der Waals surface area contributed by atoms with Crippen molar-refractivity contribution < 1.29 is 13.7 Å². The van der Waals surface area contributed by atoms with E-state index < -0.39 is 0 Å². The quantitative estimate of drug-likeness (QED) is 0.147. The van der Waals surface area contributed by atoms with Crippen LogP contribution in [0.3, 0.4) is 0 Å². The minimum Gasteiger partial charge on any atom is -0.201 e. The van der Waals surface area contributed by atoms with Crippen molar-refractivity contribution >= 4 is 32.3 Å². The van der Waals surface area contributed by atoms with Crippen molar-refractivity contribution in [1.82, 2.24) is 0 Å². The van der Waals surface area contributed by atoms with Crippen molar-refractivity contribution in [1.29, 1.82) is 0 Å². The summed E-state index contributed by atoms with van der Waals surface area (Å²) < 4.78 is 6.94. The van der Waals surface area contributed by atoms with Crippen LogP contribution in [0.1, 0.15) is 178 Å². The molecule has 0 unspecified atom stereocenters. The Hall–Kier alpha value is -11.1. The molecule has 0 saturated heterocycles. The summed E-state index contributed by atoms with van der Waals surface area (Å²) >= 11 is 0. The molecule has 116 heavy (non-hydrogen) atoms. The molecule has 0 N–H and O–H groups in total. The van der Waals surface area contributed by atoms with E-state index in [-0.39, 0.29) is 32.5 Å². The molecule has 0 fully saturated rings. The number of nitrogens with zero attached hydrogens (tertiary/aromatic N) is 3. The zero-order chi connectivity index (χ0) is 82.7. The molecule has 3 nitrogen and oxygen atoms in total. The van der Waals surface area contributed by atoms with Gasteiger partial charge < -0.3 is 0 Å². The molecular weight excluding hydrogens is 1400 g/mol. The van der Waals surface area contributed by atoms with E-state index >= 15 is 0 Å². The number of hydrogen-bond donors (Lipinski definition) is 0. The lowest BCUT2D eigenvalue weighted by molar-refractivity contribution is -0.660. The van der Waals surface area contributed by atoms with Crippen molar-refractivity contribution in [2.45, 2.75) is 192 Å². The summed E-state index contributed by atoms with van der Waals surface area (Å²) in [4.78, 5) is 0. The minimum atomic E-state index is -0.0471. The number of pyridine rings is 3. The second kappa shape index (κ2) is 28.4. The van der Waals surface area contributed by atoms with Gasteiger partial charge in [0.2, 0.25) is 17.1 Å². The Labute approximate surface area is 692 Å². The number of aromatic nitrogens is 3. The first-order valence-electron chi connectivity index (χ1n) is 42.1. The van der Waals surface area contributed by atoms with Gasteiger partial charge in [-0.3, -0.25) is 0 Å². The average molecular weight is 1520 g/mol. The second-order valence-electron chi connectivity index (χ2n) is 38.1. The molecule has 0 atom stereocenters. The molecule has 0 bridgehead atoms. The van der Waals surface area contributed by atoms with E-state index in [1.165, 1.54) is 227 Å². The fraction of sp³-hybridized carbons (Fsp3) is 0.283. The first-order valence-corrected chi connectivity index (χ1v) is 42.1. The molecule has 3 aliphatic carbocycles. The largest absolute Gasteiger partial charge is 0.213 e. The standard InChI is InChI=1S/2C38H40N.C37H38N/c1-23-13-12-14-24(2)35(23)30-21-34(39(9)22-26(30)4)29-20-33-31(19-25(29)3)36-28-16-11-10-15-27(28)17-18-32(36)37(5,6)38(33,7)8;1-23-14-16-28(24(2)18-23)33-22-39(9)35(20-26(33)4)31-21-34-32(19-25(31)3)30-17-15-27-12-10-11-13-29(27)36(30)38(7,8)37(34,5)6;1-23-13-9-12-16-28(23)32-22-38(8)35(18-25(32)3)29-21-34-30(17-24(29)2)31-19-26-14-10-11-15-27(26)20-33(31)36(4,5)37(34,6)7/h2*10-22H,1-9H3;9-22H,1-8H3/q3*+1. The Morgan fingerprint density at radius 2 is 0.578 bits per heavy atom. The number of fused-ring (bicyclic) bond motifs is 14. The first kappa shape index (κ1) is 78.7. The third-order valence-corrected chi connectivity index (χ3v) is 29.5. The van der Waals surface area contributed by atoms with E-state index in [9.17, 15) is 0 Å². The van der Waals surface area contributed by atoms with Crippen LogP contribution in [0.15, 0.2) is 243 Å². The molecule has 15 aromatic rings. The Balaban J connectivity index is 0.000000131. The summed E-state index contributed by atoms with van der Waals surface area (Å²) in [6.07, 6.45) is 6.92. The maximum absolute atomic E-state index is 2.51. The fourth-order valence-corrected chi connectivity index (χ4v) is 20.5. The fourth-order valence-electron chi connectivity index (χ4n) is 20.5. The lowest BCUT2D eigenvalue weighted by Crippen LogP contribution is -2.44. The Morgan fingerprint density at radius 3 is 1.13 bits per heavy atom. The molecule has 0 aliphatic heterocycles. The van der Waals surface area contributed by atoms with Gasteiger partial charge in [-0.25, -0.2) is 13.7 Å². The summed E-state index contributed by atoms with van der Waals surface area (Å²) in [6, 6.07) is 84.8. The normalized spacial score (nSPS) is 15.2. The lowest BCUT2D eigenvalue weighted by Gasteiger charge is -2.49. The van der Waals surface area contributed by atoms with Crippen LogP contribution in [0.5, 0.6) is 0 Å². The first-order chi connectivity index (χ1) is 54.8. The monoisotopic (exact) mass is 1520 g/mol. The van der Waals surface area contributed by atoms with E-state index in [2.05, 4.69) is 437 Å². The minimum absolute atomic E-state index is 0.0152. The number of hydrogen-bond acceptors (Lipinski definition) is 0. The SMILES string of the molecule is Cc1c[n+](C)c(-c2cc3c(cc2C)-c2c(ccc4ccccc24)C(C)(C)C3(C)C)cc1-c1c(C)cccc1C.Cc1ccc(-c2c[n+](C)c(-c3cc4c(cc3C)-c3ccc5ccccc5c3C(C)(C)C4(C)C)cc2C)c(C)c1.Cc1ccccc1-c1c[n+](C)c(-c2cc3c(cc2C)-c2cc4ccccc4cc2C(C)(C)C3(C)C)cc1C. The summed E-state index contributed by atoms with van der Waals surface area (Å²) in [5.41, 5.74) is 46.9. The Kier molecular flexibility index (Phi) is 19.3. The van der Waals surface area contributed by atoms with Gasteiger partial charge in [-0.15, -0.1) is 0 Å².